The van der Waals surface area contributed by atoms with E-state index in [1.807, 2.05) is 50.2 Å². The van der Waals surface area contributed by atoms with Crippen LogP contribution < -0.4 is 10.5 Å². The Kier molecular flexibility index (Phi) is 4.46. The summed E-state index contributed by atoms with van der Waals surface area (Å²) in [6, 6.07) is 12.1. The first-order valence-electron chi connectivity index (χ1n) is 6.27. The molecule has 0 spiro atoms. The lowest BCUT2D eigenvalue weighted by molar-refractivity contribution is 0.306. The molecule has 0 aliphatic carbocycles. The summed E-state index contributed by atoms with van der Waals surface area (Å²) in [7, 11) is 0. The fourth-order valence-electron chi connectivity index (χ4n) is 1.93. The molecular weight excluding hydrogens is 258 g/mol. The van der Waals surface area contributed by atoms with Gasteiger partial charge in [0.05, 0.1) is 0 Å². The average molecular weight is 276 g/mol. The van der Waals surface area contributed by atoms with Crippen molar-refractivity contribution in [1.29, 1.82) is 0 Å². The Labute approximate surface area is 119 Å². The first-order valence-corrected chi connectivity index (χ1v) is 6.65. The van der Waals surface area contributed by atoms with E-state index in [9.17, 15) is 0 Å². The molecule has 0 fully saturated rings. The third-order valence-corrected chi connectivity index (χ3v) is 3.67. The summed E-state index contributed by atoms with van der Waals surface area (Å²) in [5.74, 6) is 0.849. The zero-order valence-electron chi connectivity index (χ0n) is 11.2. The Hall–Kier alpha value is -1.51. The van der Waals surface area contributed by atoms with Crippen molar-refractivity contribution < 1.29 is 4.74 Å². The van der Waals surface area contributed by atoms with Gasteiger partial charge in [-0.3, -0.25) is 0 Å². The first kappa shape index (κ1) is 13.9. The molecule has 0 radical (unpaired) electrons. The summed E-state index contributed by atoms with van der Waals surface area (Å²) in [5.41, 5.74) is 9.90. The first-order chi connectivity index (χ1) is 9.10. The van der Waals surface area contributed by atoms with Crippen LogP contribution in [0, 0.1) is 13.8 Å². The lowest BCUT2D eigenvalue weighted by atomic mass is 10.1. The van der Waals surface area contributed by atoms with Crippen LogP contribution in [-0.2, 0) is 13.2 Å². The third kappa shape index (κ3) is 3.49. The van der Waals surface area contributed by atoms with E-state index in [4.69, 9.17) is 22.1 Å². The number of rotatable bonds is 4. The van der Waals surface area contributed by atoms with E-state index in [2.05, 4.69) is 0 Å². The van der Waals surface area contributed by atoms with Crippen LogP contribution in [0.5, 0.6) is 5.75 Å². The molecule has 0 amide bonds. The van der Waals surface area contributed by atoms with E-state index in [0.717, 1.165) is 33.0 Å². The van der Waals surface area contributed by atoms with Gasteiger partial charge in [0.1, 0.15) is 12.4 Å². The van der Waals surface area contributed by atoms with Crippen LogP contribution in [0.25, 0.3) is 0 Å². The monoisotopic (exact) mass is 275 g/mol. The fraction of sp³-hybridized carbons (Fsp3) is 0.250. The summed E-state index contributed by atoms with van der Waals surface area (Å²) in [6.45, 7) is 5.08. The molecule has 2 aromatic rings. The number of hydrogen-bond acceptors (Lipinski definition) is 2. The number of hydrogen-bond donors (Lipinski definition) is 1. The number of halogens is 1. The number of benzene rings is 2. The van der Waals surface area contributed by atoms with E-state index in [1.165, 1.54) is 0 Å². The second kappa shape index (κ2) is 6.09. The van der Waals surface area contributed by atoms with Crippen molar-refractivity contribution >= 4 is 11.6 Å². The largest absolute Gasteiger partial charge is 0.489 e. The van der Waals surface area contributed by atoms with Gasteiger partial charge in [0.25, 0.3) is 0 Å². The molecule has 0 atom stereocenters. The van der Waals surface area contributed by atoms with Crippen molar-refractivity contribution in [3.8, 4) is 5.75 Å². The summed E-state index contributed by atoms with van der Waals surface area (Å²) < 4.78 is 5.79. The van der Waals surface area contributed by atoms with E-state index < -0.39 is 0 Å². The molecule has 0 saturated heterocycles. The molecule has 0 saturated carbocycles. The van der Waals surface area contributed by atoms with Gasteiger partial charge in [-0.25, -0.2) is 0 Å². The van der Waals surface area contributed by atoms with Crippen LogP contribution in [0.15, 0.2) is 36.4 Å². The highest BCUT2D eigenvalue weighted by Crippen LogP contribution is 2.26. The van der Waals surface area contributed by atoms with Crippen LogP contribution in [0.3, 0.4) is 0 Å². The van der Waals surface area contributed by atoms with Crippen LogP contribution in [-0.4, -0.2) is 0 Å². The molecular formula is C16H18ClNO. The van der Waals surface area contributed by atoms with E-state index in [1.54, 1.807) is 0 Å². The minimum Gasteiger partial charge on any atom is -0.489 e. The van der Waals surface area contributed by atoms with Gasteiger partial charge < -0.3 is 10.5 Å². The van der Waals surface area contributed by atoms with Crippen LogP contribution in [0.2, 0.25) is 5.02 Å². The average Bonchev–Trinajstić information content (AvgIpc) is 2.43. The second-order valence-corrected chi connectivity index (χ2v) is 5.06. The van der Waals surface area contributed by atoms with Gasteiger partial charge in [0, 0.05) is 11.6 Å². The summed E-state index contributed by atoms with van der Waals surface area (Å²) >= 11 is 6.13. The molecule has 100 valence electrons. The predicted octanol–water partition coefficient (Wildman–Crippen LogP) is 3.99. The third-order valence-electron chi connectivity index (χ3n) is 3.07. The Morgan fingerprint density at radius 2 is 1.53 bits per heavy atom. The van der Waals surface area contributed by atoms with E-state index >= 15 is 0 Å². The number of aryl methyl sites for hydroxylation is 2. The van der Waals surface area contributed by atoms with Crippen LogP contribution >= 0.6 is 11.6 Å². The minimum atomic E-state index is 0.547. The predicted molar refractivity (Wildman–Crippen MR) is 79.6 cm³/mol. The van der Waals surface area contributed by atoms with Crippen molar-refractivity contribution in [2.75, 3.05) is 0 Å². The van der Waals surface area contributed by atoms with Gasteiger partial charge in [-0.15, -0.1) is 0 Å². The Bertz CT molecular complexity index is 540. The van der Waals surface area contributed by atoms with Crippen LogP contribution in [0.4, 0.5) is 0 Å². The molecule has 0 aliphatic rings. The zero-order chi connectivity index (χ0) is 13.8. The smallest absolute Gasteiger partial charge is 0.120 e. The molecule has 2 nitrogen and oxygen atoms in total. The molecule has 0 bridgehead atoms. The lowest BCUT2D eigenvalue weighted by Gasteiger charge is -2.10. The fourth-order valence-corrected chi connectivity index (χ4v) is 2.04. The molecule has 0 aliphatic heterocycles. The summed E-state index contributed by atoms with van der Waals surface area (Å²) in [5, 5.41) is 0.805. The SMILES string of the molecule is Cc1cc(OCc2ccc(CN)cc2)cc(C)c1Cl. The maximum absolute atomic E-state index is 6.13. The quantitative estimate of drug-likeness (QED) is 0.915. The maximum Gasteiger partial charge on any atom is 0.120 e. The van der Waals surface area contributed by atoms with Gasteiger partial charge in [-0.1, -0.05) is 35.9 Å². The van der Waals surface area contributed by atoms with Gasteiger partial charge in [0.2, 0.25) is 0 Å². The highest BCUT2D eigenvalue weighted by molar-refractivity contribution is 6.32. The van der Waals surface area contributed by atoms with Crippen molar-refractivity contribution in [2.24, 2.45) is 5.73 Å². The normalized spacial score (nSPS) is 10.5. The Morgan fingerprint density at radius 3 is 2.05 bits per heavy atom. The Morgan fingerprint density at radius 1 is 1.00 bits per heavy atom. The topological polar surface area (TPSA) is 35.2 Å². The molecule has 2 rings (SSSR count). The molecule has 19 heavy (non-hydrogen) atoms. The molecule has 0 aromatic heterocycles. The standard InChI is InChI=1S/C16H18ClNO/c1-11-7-15(8-12(2)16(11)17)19-10-14-5-3-13(9-18)4-6-14/h3-8H,9-10,18H2,1-2H3. The summed E-state index contributed by atoms with van der Waals surface area (Å²) in [4.78, 5) is 0. The van der Waals surface area contributed by atoms with Gasteiger partial charge in [-0.2, -0.15) is 0 Å². The highest BCUT2D eigenvalue weighted by Gasteiger charge is 2.04. The maximum atomic E-state index is 6.13. The van der Waals surface area contributed by atoms with Crippen LogP contribution in [0.1, 0.15) is 22.3 Å². The number of nitrogens with two attached hydrogens (primary N) is 1. The van der Waals surface area contributed by atoms with Gasteiger partial charge in [-0.05, 0) is 48.2 Å². The minimum absolute atomic E-state index is 0.547. The van der Waals surface area contributed by atoms with E-state index in [-0.39, 0.29) is 0 Å². The number of ether oxygens (including phenoxy) is 1. The molecule has 2 N–H and O–H groups in total. The molecule has 3 heteroatoms. The highest BCUT2D eigenvalue weighted by atomic mass is 35.5. The van der Waals surface area contributed by atoms with Crippen molar-refractivity contribution in [2.45, 2.75) is 27.0 Å². The molecule has 0 heterocycles. The summed E-state index contributed by atoms with van der Waals surface area (Å²) in [6.07, 6.45) is 0. The zero-order valence-corrected chi connectivity index (χ0v) is 12.0. The second-order valence-electron chi connectivity index (χ2n) is 4.68. The molecule has 0 unspecified atom stereocenters. The van der Waals surface area contributed by atoms with E-state index in [0.29, 0.717) is 13.2 Å². The van der Waals surface area contributed by atoms with Crippen molar-refractivity contribution in [3.05, 3.63) is 63.7 Å². The van der Waals surface area contributed by atoms with Gasteiger partial charge >= 0.3 is 0 Å². The van der Waals surface area contributed by atoms with Crippen molar-refractivity contribution in [3.63, 3.8) is 0 Å². The lowest BCUT2D eigenvalue weighted by Crippen LogP contribution is -1.99. The van der Waals surface area contributed by atoms with Gasteiger partial charge in [0.15, 0.2) is 0 Å². The Balaban J connectivity index is 2.05. The van der Waals surface area contributed by atoms with Crippen molar-refractivity contribution in [1.82, 2.24) is 0 Å². The molecule has 2 aromatic carbocycles.